The van der Waals surface area contributed by atoms with Gasteiger partial charge in [0.25, 0.3) is 11.8 Å². The summed E-state index contributed by atoms with van der Waals surface area (Å²) in [6.07, 6.45) is 1.65. The highest BCUT2D eigenvalue weighted by molar-refractivity contribution is 7.89. The molecule has 6 N–H and O–H groups in total. The number of aromatic amines is 1. The lowest BCUT2D eigenvalue weighted by molar-refractivity contribution is -0.130. The van der Waals surface area contributed by atoms with Gasteiger partial charge in [0, 0.05) is 44.7 Å². The van der Waals surface area contributed by atoms with Gasteiger partial charge in [0.1, 0.15) is 11.8 Å². The van der Waals surface area contributed by atoms with E-state index in [1.54, 1.807) is 18.2 Å². The minimum absolute atomic E-state index is 0.0110. The Morgan fingerprint density at radius 3 is 2.42 bits per heavy atom. The van der Waals surface area contributed by atoms with Crippen LogP contribution in [0.3, 0.4) is 0 Å². The number of sulfonamides is 1. The summed E-state index contributed by atoms with van der Waals surface area (Å²) in [5, 5.41) is 13.8. The van der Waals surface area contributed by atoms with E-state index in [4.69, 9.17) is 9.88 Å². The molecule has 1 aliphatic rings. The van der Waals surface area contributed by atoms with E-state index in [1.807, 2.05) is 13.8 Å². The molecule has 2 aromatic carbocycles. The van der Waals surface area contributed by atoms with Gasteiger partial charge in [-0.05, 0) is 61.6 Å². The molecule has 0 spiro atoms. The van der Waals surface area contributed by atoms with Crippen LogP contribution in [0.25, 0.3) is 11.0 Å². The van der Waals surface area contributed by atoms with Gasteiger partial charge in [-0.15, -0.1) is 0 Å². The van der Waals surface area contributed by atoms with Gasteiger partial charge in [-0.1, -0.05) is 20.3 Å². The normalized spacial score (nSPS) is 18.4. The van der Waals surface area contributed by atoms with Crippen molar-refractivity contribution in [1.29, 1.82) is 0 Å². The van der Waals surface area contributed by atoms with Gasteiger partial charge in [-0.25, -0.2) is 18.4 Å². The Hall–Kier alpha value is -4.70. The molecular formula is C32H43N7O8S. The fraction of sp³-hybridized carbons (Fsp3) is 0.469. The Balaban J connectivity index is 1.62. The number of H-pyrrole nitrogens is 1. The molecule has 0 aliphatic carbocycles. The van der Waals surface area contributed by atoms with E-state index in [9.17, 15) is 32.4 Å². The van der Waals surface area contributed by atoms with Crippen LogP contribution in [0.4, 0.5) is 0 Å². The van der Waals surface area contributed by atoms with Crippen molar-refractivity contribution in [3.05, 3.63) is 58.0 Å². The first-order valence-corrected chi connectivity index (χ1v) is 17.5. The predicted molar refractivity (Wildman–Crippen MR) is 178 cm³/mol. The number of primary sulfonamides is 1. The molecule has 2 bridgehead atoms. The smallest absolute Gasteiger partial charge is 0.326 e. The zero-order valence-electron chi connectivity index (χ0n) is 27.3. The molecule has 4 amide bonds. The van der Waals surface area contributed by atoms with Crippen molar-refractivity contribution in [3.63, 3.8) is 0 Å². The number of methoxy groups -OCH3 is 1. The molecular weight excluding hydrogens is 642 g/mol. The van der Waals surface area contributed by atoms with E-state index in [0.29, 0.717) is 42.4 Å². The Morgan fingerprint density at radius 2 is 1.71 bits per heavy atom. The van der Waals surface area contributed by atoms with E-state index in [2.05, 4.69) is 20.9 Å². The van der Waals surface area contributed by atoms with Gasteiger partial charge >= 0.3 is 5.69 Å². The second-order valence-electron chi connectivity index (χ2n) is 11.8. The first kappa shape index (κ1) is 36.1. The Kier molecular flexibility index (Phi) is 12.0. The molecule has 0 fully saturated rings. The highest BCUT2D eigenvalue weighted by atomic mass is 32.2. The monoisotopic (exact) mass is 685 g/mol. The van der Waals surface area contributed by atoms with Crippen molar-refractivity contribution >= 4 is 44.7 Å². The zero-order chi connectivity index (χ0) is 35.0. The predicted octanol–water partition coefficient (Wildman–Crippen LogP) is 1.08. The van der Waals surface area contributed by atoms with Crippen LogP contribution in [0, 0.1) is 5.92 Å². The number of nitrogens with zero attached hydrogens (tertiary/aromatic N) is 2. The molecule has 16 heteroatoms. The minimum atomic E-state index is -4.12. The molecule has 0 saturated heterocycles. The summed E-state index contributed by atoms with van der Waals surface area (Å²) in [6, 6.07) is 7.83. The number of rotatable bonds is 5. The average molecular weight is 686 g/mol. The fourth-order valence-corrected chi connectivity index (χ4v) is 6.08. The Morgan fingerprint density at radius 1 is 1.00 bits per heavy atom. The summed E-state index contributed by atoms with van der Waals surface area (Å²) >= 11 is 0. The topological polar surface area (TPSA) is 215 Å². The first-order valence-electron chi connectivity index (χ1n) is 15.9. The van der Waals surface area contributed by atoms with Gasteiger partial charge < -0.3 is 30.6 Å². The van der Waals surface area contributed by atoms with Crippen molar-refractivity contribution in [2.24, 2.45) is 11.1 Å². The number of hydrogen-bond acceptors (Lipinski definition) is 8. The highest BCUT2D eigenvalue weighted by Crippen LogP contribution is 2.24. The number of hydrogen-bond donors (Lipinski definition) is 5. The molecule has 4 rings (SSSR count). The third-order valence-corrected chi connectivity index (χ3v) is 9.36. The van der Waals surface area contributed by atoms with Crippen LogP contribution >= 0.6 is 0 Å². The van der Waals surface area contributed by atoms with Crippen LogP contribution in [-0.4, -0.2) is 85.8 Å². The molecule has 0 saturated carbocycles. The maximum atomic E-state index is 13.8. The van der Waals surface area contributed by atoms with Crippen LogP contribution in [-0.2, 0) is 26.2 Å². The molecule has 3 aromatic rings. The lowest BCUT2D eigenvalue weighted by atomic mass is 9.98. The van der Waals surface area contributed by atoms with Gasteiger partial charge in [0.15, 0.2) is 0 Å². The van der Waals surface area contributed by atoms with Gasteiger partial charge in [0.2, 0.25) is 21.8 Å². The number of imidazole rings is 1. The summed E-state index contributed by atoms with van der Waals surface area (Å²) in [7, 11) is -2.77. The van der Waals surface area contributed by atoms with Crippen molar-refractivity contribution in [2.45, 2.75) is 63.4 Å². The van der Waals surface area contributed by atoms with Gasteiger partial charge in [0.05, 0.1) is 28.6 Å². The standard InChI is InChI=1S/C32H43N7O8S/c1-4-20(2)28-30(42)35-14-7-17-39-25-18-21(9-11-24(25)36-32(39)44)29(41)34-13-6-16-38(15-5-8-27(40)37-28)31(43)23-19-22(48(33,45)46)10-12-26(23)47-3/h9-12,18-20,28H,4-8,13-17H2,1-3H3,(H,34,41)(H,35,42)(H,36,44)(H,37,40)(H2,33,45,46)/t20-,28-/m0/s1. The molecule has 1 aromatic heterocycles. The fourth-order valence-electron chi connectivity index (χ4n) is 5.54. The van der Waals surface area contributed by atoms with Crippen LogP contribution in [0.2, 0.25) is 0 Å². The number of aromatic nitrogens is 2. The van der Waals surface area contributed by atoms with Crippen LogP contribution in [0.15, 0.2) is 46.1 Å². The minimum Gasteiger partial charge on any atom is -0.496 e. The Labute approximate surface area is 278 Å². The maximum absolute atomic E-state index is 13.8. The quantitative estimate of drug-likeness (QED) is 0.261. The van der Waals surface area contributed by atoms with Gasteiger partial charge in [-0.2, -0.15) is 0 Å². The summed E-state index contributed by atoms with van der Waals surface area (Å²) < 4.78 is 30.9. The molecule has 0 radical (unpaired) electrons. The van der Waals surface area contributed by atoms with Crippen molar-refractivity contribution in [2.75, 3.05) is 33.3 Å². The van der Waals surface area contributed by atoms with Gasteiger partial charge in [-0.3, -0.25) is 23.7 Å². The number of nitrogens with one attached hydrogen (secondary N) is 4. The highest BCUT2D eigenvalue weighted by Gasteiger charge is 2.27. The van der Waals surface area contributed by atoms with Crippen molar-refractivity contribution in [3.8, 4) is 5.75 Å². The second-order valence-corrected chi connectivity index (χ2v) is 13.4. The molecule has 2 heterocycles. The van der Waals surface area contributed by atoms with Crippen LogP contribution in [0.5, 0.6) is 5.75 Å². The first-order chi connectivity index (χ1) is 22.8. The number of amides is 4. The number of aryl methyl sites for hydroxylation is 1. The number of carbonyl (C=O) groups is 4. The van der Waals surface area contributed by atoms with E-state index in [1.165, 1.54) is 28.7 Å². The number of ether oxygens (including phenoxy) is 1. The summed E-state index contributed by atoms with van der Waals surface area (Å²) in [5.41, 5.74) is 1.08. The van der Waals surface area contributed by atoms with Crippen molar-refractivity contribution in [1.82, 2.24) is 30.4 Å². The largest absolute Gasteiger partial charge is 0.496 e. The molecule has 15 nitrogen and oxygen atoms in total. The van der Waals surface area contributed by atoms with E-state index >= 15 is 0 Å². The molecule has 2 atom stereocenters. The van der Waals surface area contributed by atoms with E-state index in [0.717, 1.165) is 6.07 Å². The molecule has 0 unspecified atom stereocenters. The van der Waals surface area contributed by atoms with Crippen LogP contribution in [0.1, 0.15) is 66.7 Å². The lowest BCUT2D eigenvalue weighted by Gasteiger charge is -2.25. The number of nitrogens with two attached hydrogens (primary N) is 1. The zero-order valence-corrected chi connectivity index (χ0v) is 28.2. The van der Waals surface area contributed by atoms with Crippen LogP contribution < -0.4 is 31.5 Å². The molecule has 260 valence electrons. The molecule has 1 aliphatic heterocycles. The Bertz CT molecular complexity index is 1840. The lowest BCUT2D eigenvalue weighted by Crippen LogP contribution is -2.50. The number of fused-ring (bicyclic) bond motifs is 1. The number of carbonyl (C=O) groups excluding carboxylic acids is 4. The summed E-state index contributed by atoms with van der Waals surface area (Å²) in [4.78, 5) is 69.7. The molecule has 48 heavy (non-hydrogen) atoms. The van der Waals surface area contributed by atoms with Crippen molar-refractivity contribution < 1.29 is 32.3 Å². The third-order valence-electron chi connectivity index (χ3n) is 8.45. The number of benzene rings is 2. The van der Waals surface area contributed by atoms with E-state index in [-0.39, 0.29) is 84.6 Å². The second kappa shape index (κ2) is 15.9. The third kappa shape index (κ3) is 8.80. The van der Waals surface area contributed by atoms with E-state index < -0.39 is 22.0 Å². The summed E-state index contributed by atoms with van der Waals surface area (Å²) in [5.74, 6) is -1.64. The SMILES string of the molecule is CC[C@H](C)[C@@H]1NC(=O)CCCN(C(=O)c2cc(S(N)(=O)=O)ccc2OC)CCCNC(=O)c2ccc3[nH]c(=O)n(c3c2)CCCNC1=O. The average Bonchev–Trinajstić information content (AvgIpc) is 3.38. The maximum Gasteiger partial charge on any atom is 0.326 e. The summed E-state index contributed by atoms with van der Waals surface area (Å²) in [6.45, 7) is 4.80.